The Labute approximate surface area is 191 Å². The predicted octanol–water partition coefficient (Wildman–Crippen LogP) is 3.47. The number of aliphatic hydroxyl groups is 1. The molecule has 2 aromatic heterocycles. The van der Waals surface area contributed by atoms with E-state index in [1.165, 1.54) is 28.1 Å². The first-order chi connectivity index (χ1) is 15.7. The summed E-state index contributed by atoms with van der Waals surface area (Å²) in [7, 11) is 1.60. The number of ether oxygens (including phenoxy) is 1. The lowest BCUT2D eigenvalue weighted by atomic mass is 9.95. The molecule has 1 aliphatic heterocycles. The Morgan fingerprint density at radius 3 is 2.81 bits per heavy atom. The molecule has 32 heavy (non-hydrogen) atoms. The second kappa shape index (κ2) is 8.73. The highest BCUT2D eigenvalue weighted by Crippen LogP contribution is 2.36. The summed E-state index contributed by atoms with van der Waals surface area (Å²) in [5.74, 6) is 0.614. The third-order valence-corrected chi connectivity index (χ3v) is 7.14. The predicted molar refractivity (Wildman–Crippen MR) is 124 cm³/mol. The molecule has 1 amide bonds. The summed E-state index contributed by atoms with van der Waals surface area (Å²) in [6, 6.07) is 14.5. The Bertz CT molecular complexity index is 1270. The van der Waals surface area contributed by atoms with Crippen LogP contribution < -0.4 is 4.74 Å². The van der Waals surface area contributed by atoms with Crippen molar-refractivity contribution in [2.45, 2.75) is 16.5 Å². The van der Waals surface area contributed by atoms with E-state index in [4.69, 9.17) is 4.74 Å². The number of nitrogens with one attached hydrogen (secondary N) is 1. The van der Waals surface area contributed by atoms with E-state index in [0.717, 1.165) is 22.0 Å². The van der Waals surface area contributed by atoms with Crippen LogP contribution in [0, 0.1) is 0 Å². The standard InChI is InChI=1S/C22H19N5O3S2/c1-30-14-8-6-13(7-9-14)20-21(29)19(16-10-23-17-5-3-2-4-15(16)17)26-27(20)18(28)11-31-22-25-24-12-32-22/h2-10,12,20-21,23,29H,11H2,1H3/t20-,21+/m0/s1. The van der Waals surface area contributed by atoms with E-state index in [-0.39, 0.29) is 11.7 Å². The molecule has 5 rings (SSSR count). The fourth-order valence-corrected chi connectivity index (χ4v) is 5.11. The van der Waals surface area contributed by atoms with Crippen LogP contribution in [0.25, 0.3) is 10.9 Å². The molecule has 2 N–H and O–H groups in total. The molecule has 10 heteroatoms. The highest BCUT2D eigenvalue weighted by atomic mass is 32.2. The molecular formula is C22H19N5O3S2. The van der Waals surface area contributed by atoms with Gasteiger partial charge in [0.05, 0.1) is 12.9 Å². The Balaban J connectivity index is 1.51. The monoisotopic (exact) mass is 465 g/mol. The van der Waals surface area contributed by atoms with Crippen LogP contribution in [0.2, 0.25) is 0 Å². The average molecular weight is 466 g/mol. The fraction of sp³-hybridized carbons (Fsp3) is 0.182. The zero-order chi connectivity index (χ0) is 22.1. The van der Waals surface area contributed by atoms with Gasteiger partial charge in [0.1, 0.15) is 29.1 Å². The van der Waals surface area contributed by atoms with Gasteiger partial charge in [-0.15, -0.1) is 10.2 Å². The van der Waals surface area contributed by atoms with Crippen molar-refractivity contribution < 1.29 is 14.6 Å². The summed E-state index contributed by atoms with van der Waals surface area (Å²) < 4.78 is 5.96. The summed E-state index contributed by atoms with van der Waals surface area (Å²) in [6.45, 7) is 0. The summed E-state index contributed by atoms with van der Waals surface area (Å²) in [5.41, 5.74) is 4.57. The van der Waals surface area contributed by atoms with Crippen molar-refractivity contribution in [3.63, 3.8) is 0 Å². The number of benzene rings is 2. The van der Waals surface area contributed by atoms with Crippen molar-refractivity contribution in [3.05, 3.63) is 71.4 Å². The number of carbonyl (C=O) groups excluding carboxylic acids is 1. The van der Waals surface area contributed by atoms with Gasteiger partial charge >= 0.3 is 0 Å². The molecular weight excluding hydrogens is 446 g/mol. The van der Waals surface area contributed by atoms with Crippen molar-refractivity contribution in [2.75, 3.05) is 12.9 Å². The Kier molecular flexibility index (Phi) is 5.64. The molecule has 0 aliphatic carbocycles. The number of amides is 1. The third kappa shape index (κ3) is 3.77. The smallest absolute Gasteiger partial charge is 0.253 e. The van der Waals surface area contributed by atoms with Crippen LogP contribution in [0.15, 0.2) is 69.7 Å². The van der Waals surface area contributed by atoms with E-state index in [9.17, 15) is 9.90 Å². The number of aromatic nitrogens is 3. The minimum atomic E-state index is -0.988. The Morgan fingerprint density at radius 1 is 1.25 bits per heavy atom. The molecule has 3 heterocycles. The first-order valence-electron chi connectivity index (χ1n) is 9.83. The number of aromatic amines is 1. The summed E-state index contributed by atoms with van der Waals surface area (Å²) in [6.07, 6.45) is 0.833. The number of carbonyl (C=O) groups is 1. The number of hydrazone groups is 1. The number of hydrogen-bond donors (Lipinski definition) is 2. The van der Waals surface area contributed by atoms with E-state index in [2.05, 4.69) is 20.3 Å². The lowest BCUT2D eigenvalue weighted by Gasteiger charge is -2.24. The van der Waals surface area contributed by atoms with Gasteiger partial charge < -0.3 is 14.8 Å². The molecule has 0 saturated carbocycles. The zero-order valence-electron chi connectivity index (χ0n) is 17.0. The van der Waals surface area contributed by atoms with Crippen molar-refractivity contribution in [3.8, 4) is 5.75 Å². The van der Waals surface area contributed by atoms with Gasteiger partial charge in [-0.1, -0.05) is 53.4 Å². The summed E-state index contributed by atoms with van der Waals surface area (Å²) in [5, 5.41) is 26.1. The topological polar surface area (TPSA) is 104 Å². The first kappa shape index (κ1) is 20.7. The third-order valence-electron chi connectivity index (χ3n) is 5.30. The molecule has 0 saturated heterocycles. The largest absolute Gasteiger partial charge is 0.497 e. The van der Waals surface area contributed by atoms with Gasteiger partial charge in [-0.3, -0.25) is 4.79 Å². The molecule has 2 atom stereocenters. The number of nitrogens with zero attached hydrogens (tertiary/aromatic N) is 4. The van der Waals surface area contributed by atoms with Crippen molar-refractivity contribution in [2.24, 2.45) is 5.10 Å². The molecule has 8 nitrogen and oxygen atoms in total. The average Bonchev–Trinajstić information content (AvgIpc) is 3.56. The lowest BCUT2D eigenvalue weighted by Crippen LogP contribution is -2.34. The number of para-hydroxylation sites is 1. The number of thioether (sulfide) groups is 1. The fourth-order valence-electron chi connectivity index (χ4n) is 3.77. The first-order valence-corrected chi connectivity index (χ1v) is 11.7. The van der Waals surface area contributed by atoms with Crippen LogP contribution in [0.4, 0.5) is 0 Å². The van der Waals surface area contributed by atoms with Crippen LogP contribution >= 0.6 is 23.1 Å². The van der Waals surface area contributed by atoms with Gasteiger partial charge in [-0.05, 0) is 23.8 Å². The molecule has 0 spiro atoms. The Morgan fingerprint density at radius 2 is 2.06 bits per heavy atom. The quantitative estimate of drug-likeness (QED) is 0.423. The number of methoxy groups -OCH3 is 1. The molecule has 0 bridgehead atoms. The van der Waals surface area contributed by atoms with E-state index < -0.39 is 12.1 Å². The van der Waals surface area contributed by atoms with E-state index >= 15 is 0 Å². The van der Waals surface area contributed by atoms with Gasteiger partial charge in [0.15, 0.2) is 4.34 Å². The minimum absolute atomic E-state index is 0.138. The number of aliphatic hydroxyl groups excluding tert-OH is 1. The molecule has 1 aliphatic rings. The van der Waals surface area contributed by atoms with Crippen molar-refractivity contribution in [1.29, 1.82) is 0 Å². The molecule has 162 valence electrons. The SMILES string of the molecule is COc1ccc([C@H]2[C@H](O)C(c3c[nH]c4ccccc34)=NN2C(=O)CSc2nncs2)cc1. The van der Waals surface area contributed by atoms with Crippen LogP contribution in [0.3, 0.4) is 0 Å². The van der Waals surface area contributed by atoms with E-state index in [0.29, 0.717) is 15.8 Å². The molecule has 0 fully saturated rings. The summed E-state index contributed by atoms with van der Waals surface area (Å²) in [4.78, 5) is 16.4. The minimum Gasteiger partial charge on any atom is -0.497 e. The normalized spacial score (nSPS) is 18.2. The lowest BCUT2D eigenvalue weighted by molar-refractivity contribution is -0.131. The second-order valence-electron chi connectivity index (χ2n) is 7.13. The van der Waals surface area contributed by atoms with Gasteiger partial charge in [0.2, 0.25) is 0 Å². The maximum Gasteiger partial charge on any atom is 0.253 e. The maximum atomic E-state index is 13.2. The van der Waals surface area contributed by atoms with E-state index in [1.54, 1.807) is 12.6 Å². The molecule has 4 aromatic rings. The van der Waals surface area contributed by atoms with Crippen molar-refractivity contribution >= 4 is 45.6 Å². The van der Waals surface area contributed by atoms with Crippen molar-refractivity contribution in [1.82, 2.24) is 20.2 Å². The van der Waals surface area contributed by atoms with Gasteiger partial charge in [0, 0.05) is 22.7 Å². The van der Waals surface area contributed by atoms with Crippen LogP contribution in [0.1, 0.15) is 17.2 Å². The van der Waals surface area contributed by atoms with Gasteiger partial charge in [-0.2, -0.15) is 5.10 Å². The second-order valence-corrected chi connectivity index (χ2v) is 9.18. The van der Waals surface area contributed by atoms with Crippen LogP contribution in [-0.2, 0) is 4.79 Å². The number of rotatable bonds is 6. The van der Waals surface area contributed by atoms with Crippen LogP contribution in [-0.4, -0.2) is 55.9 Å². The maximum absolute atomic E-state index is 13.2. The van der Waals surface area contributed by atoms with E-state index in [1.807, 2.05) is 54.7 Å². The summed E-state index contributed by atoms with van der Waals surface area (Å²) >= 11 is 2.68. The number of fused-ring (bicyclic) bond motifs is 1. The van der Waals surface area contributed by atoms with Crippen LogP contribution in [0.5, 0.6) is 5.75 Å². The molecule has 2 aromatic carbocycles. The molecule has 0 unspecified atom stereocenters. The Hall–Kier alpha value is -3.21. The number of hydrogen-bond acceptors (Lipinski definition) is 8. The molecule has 0 radical (unpaired) electrons. The number of H-pyrrole nitrogens is 1. The highest BCUT2D eigenvalue weighted by molar-refractivity contribution is 8.01. The highest BCUT2D eigenvalue weighted by Gasteiger charge is 2.41. The van der Waals surface area contributed by atoms with Gasteiger partial charge in [0.25, 0.3) is 5.91 Å². The zero-order valence-corrected chi connectivity index (χ0v) is 18.6. The van der Waals surface area contributed by atoms with Gasteiger partial charge in [-0.25, -0.2) is 5.01 Å².